The van der Waals surface area contributed by atoms with Crippen molar-refractivity contribution in [2.75, 3.05) is 6.61 Å². The van der Waals surface area contributed by atoms with Gasteiger partial charge in [0.2, 0.25) is 0 Å². The number of ether oxygens (including phenoxy) is 1. The third-order valence-corrected chi connectivity index (χ3v) is 2.87. The first-order chi connectivity index (χ1) is 7.05. The lowest BCUT2D eigenvalue weighted by atomic mass is 9.79. The topological polar surface area (TPSA) is 43.4 Å². The minimum atomic E-state index is -1.13. The maximum atomic E-state index is 11.8. The Kier molecular flexibility index (Phi) is 3.31. The number of hydrogen-bond donors (Lipinski definition) is 0. The summed E-state index contributed by atoms with van der Waals surface area (Å²) >= 11 is 0. The molecular weight excluding hydrogens is 192 g/mol. The maximum Gasteiger partial charge on any atom is 0.324 e. The van der Waals surface area contributed by atoms with Crippen LogP contribution in [0.4, 0.5) is 0 Å². The van der Waals surface area contributed by atoms with Crippen molar-refractivity contribution in [2.24, 2.45) is 5.41 Å². The predicted molar refractivity (Wildman–Crippen MR) is 55.9 cm³/mol. The molecule has 1 unspecified atom stereocenters. The van der Waals surface area contributed by atoms with Gasteiger partial charge < -0.3 is 4.74 Å². The van der Waals surface area contributed by atoms with E-state index in [1.165, 1.54) is 6.92 Å². The van der Waals surface area contributed by atoms with E-state index in [9.17, 15) is 9.59 Å². The summed E-state index contributed by atoms with van der Waals surface area (Å²) in [4.78, 5) is 23.3. The highest BCUT2D eigenvalue weighted by Crippen LogP contribution is 2.43. The lowest BCUT2D eigenvalue weighted by Gasteiger charge is -2.24. The molecule has 0 radical (unpaired) electrons. The summed E-state index contributed by atoms with van der Waals surface area (Å²) < 4.78 is 4.85. The molecule has 15 heavy (non-hydrogen) atoms. The van der Waals surface area contributed by atoms with Crippen LogP contribution in [0, 0.1) is 17.8 Å². The van der Waals surface area contributed by atoms with Crippen LogP contribution < -0.4 is 0 Å². The van der Waals surface area contributed by atoms with Gasteiger partial charge in [-0.25, -0.2) is 0 Å². The SMILES string of the molecule is C#CCOC(=O)C1(C(C)=O)CCCC1=C. The van der Waals surface area contributed by atoms with Crippen LogP contribution in [0.2, 0.25) is 0 Å². The molecule has 1 atom stereocenters. The molecular formula is C12H14O3. The van der Waals surface area contributed by atoms with Gasteiger partial charge in [0, 0.05) is 0 Å². The average molecular weight is 206 g/mol. The van der Waals surface area contributed by atoms with Gasteiger partial charge in [-0.15, -0.1) is 6.42 Å². The summed E-state index contributed by atoms with van der Waals surface area (Å²) in [5.41, 5.74) is -0.478. The molecule has 0 bridgehead atoms. The zero-order chi connectivity index (χ0) is 11.5. The van der Waals surface area contributed by atoms with Crippen molar-refractivity contribution in [1.29, 1.82) is 0 Å². The fraction of sp³-hybridized carbons (Fsp3) is 0.500. The molecule has 0 heterocycles. The molecule has 0 aromatic rings. The van der Waals surface area contributed by atoms with E-state index in [0.29, 0.717) is 18.4 Å². The van der Waals surface area contributed by atoms with E-state index in [0.717, 1.165) is 6.42 Å². The molecule has 0 aliphatic heterocycles. The molecule has 0 saturated heterocycles. The van der Waals surface area contributed by atoms with Crippen molar-refractivity contribution in [1.82, 2.24) is 0 Å². The summed E-state index contributed by atoms with van der Waals surface area (Å²) in [5, 5.41) is 0. The third-order valence-electron chi connectivity index (χ3n) is 2.87. The number of hydrogen-bond acceptors (Lipinski definition) is 3. The highest BCUT2D eigenvalue weighted by Gasteiger charge is 2.49. The Bertz CT molecular complexity index is 348. The van der Waals surface area contributed by atoms with E-state index in [-0.39, 0.29) is 12.4 Å². The first-order valence-corrected chi connectivity index (χ1v) is 4.85. The van der Waals surface area contributed by atoms with Gasteiger partial charge >= 0.3 is 5.97 Å². The number of Topliss-reactive ketones (excluding diaryl/α,β-unsaturated/α-hetero) is 1. The summed E-state index contributed by atoms with van der Waals surface area (Å²) in [6, 6.07) is 0. The van der Waals surface area contributed by atoms with Gasteiger partial charge in [-0.3, -0.25) is 9.59 Å². The van der Waals surface area contributed by atoms with Crippen LogP contribution in [0.25, 0.3) is 0 Å². The van der Waals surface area contributed by atoms with Crippen molar-refractivity contribution in [3.63, 3.8) is 0 Å². The van der Waals surface area contributed by atoms with Crippen LogP contribution in [0.15, 0.2) is 12.2 Å². The number of terminal acetylenes is 1. The van der Waals surface area contributed by atoms with E-state index in [4.69, 9.17) is 11.2 Å². The summed E-state index contributed by atoms with van der Waals surface area (Å²) in [7, 11) is 0. The van der Waals surface area contributed by atoms with Crippen LogP contribution in [-0.4, -0.2) is 18.4 Å². The lowest BCUT2D eigenvalue weighted by Crippen LogP contribution is -2.38. The van der Waals surface area contributed by atoms with Gasteiger partial charge in [0.05, 0.1) is 0 Å². The van der Waals surface area contributed by atoms with Gasteiger partial charge in [0.25, 0.3) is 0 Å². The Hall–Kier alpha value is -1.56. The Morgan fingerprint density at radius 3 is 2.73 bits per heavy atom. The second-order valence-corrected chi connectivity index (χ2v) is 3.70. The maximum absolute atomic E-state index is 11.8. The molecule has 1 rings (SSSR count). The summed E-state index contributed by atoms with van der Waals surface area (Å²) in [6.07, 6.45) is 6.98. The second kappa shape index (κ2) is 4.31. The number of esters is 1. The molecule has 0 spiro atoms. The summed E-state index contributed by atoms with van der Waals surface area (Å²) in [5.74, 6) is 1.46. The number of carbonyl (C=O) groups excluding carboxylic acids is 2. The highest BCUT2D eigenvalue weighted by atomic mass is 16.5. The lowest BCUT2D eigenvalue weighted by molar-refractivity contribution is -0.155. The predicted octanol–water partition coefficient (Wildman–Crippen LogP) is 1.48. The minimum Gasteiger partial charge on any atom is -0.452 e. The molecule has 1 fully saturated rings. The Morgan fingerprint density at radius 1 is 1.67 bits per heavy atom. The molecule has 3 heteroatoms. The smallest absolute Gasteiger partial charge is 0.324 e. The quantitative estimate of drug-likeness (QED) is 0.304. The summed E-state index contributed by atoms with van der Waals surface area (Å²) in [6.45, 7) is 5.09. The van der Waals surface area contributed by atoms with Crippen LogP contribution in [-0.2, 0) is 14.3 Å². The van der Waals surface area contributed by atoms with E-state index >= 15 is 0 Å². The van der Waals surface area contributed by atoms with E-state index in [1.807, 2.05) is 0 Å². The van der Waals surface area contributed by atoms with Crippen LogP contribution >= 0.6 is 0 Å². The normalized spacial score (nSPS) is 24.7. The van der Waals surface area contributed by atoms with Gasteiger partial charge in [0.15, 0.2) is 12.4 Å². The molecule has 1 aliphatic carbocycles. The fourth-order valence-corrected chi connectivity index (χ4v) is 2.00. The van der Waals surface area contributed by atoms with Crippen molar-refractivity contribution >= 4 is 11.8 Å². The average Bonchev–Trinajstić information content (AvgIpc) is 2.57. The third kappa shape index (κ3) is 1.80. The molecule has 0 amide bonds. The first-order valence-electron chi connectivity index (χ1n) is 4.85. The highest BCUT2D eigenvalue weighted by molar-refractivity contribution is 6.06. The molecule has 3 nitrogen and oxygen atoms in total. The molecule has 0 aromatic carbocycles. The Morgan fingerprint density at radius 2 is 2.33 bits per heavy atom. The van der Waals surface area contributed by atoms with Crippen molar-refractivity contribution in [2.45, 2.75) is 26.2 Å². The monoisotopic (exact) mass is 206 g/mol. The number of ketones is 1. The van der Waals surface area contributed by atoms with E-state index in [2.05, 4.69) is 12.5 Å². The zero-order valence-corrected chi connectivity index (χ0v) is 8.84. The second-order valence-electron chi connectivity index (χ2n) is 3.70. The van der Waals surface area contributed by atoms with Gasteiger partial charge in [0.1, 0.15) is 5.41 Å². The minimum absolute atomic E-state index is 0.0961. The molecule has 0 aromatic heterocycles. The molecule has 80 valence electrons. The Labute approximate surface area is 89.5 Å². The largest absolute Gasteiger partial charge is 0.452 e. The first kappa shape index (κ1) is 11.5. The molecule has 0 N–H and O–H groups in total. The zero-order valence-electron chi connectivity index (χ0n) is 8.84. The molecule has 1 saturated carbocycles. The van der Waals surface area contributed by atoms with Crippen molar-refractivity contribution < 1.29 is 14.3 Å². The van der Waals surface area contributed by atoms with Crippen LogP contribution in [0.3, 0.4) is 0 Å². The van der Waals surface area contributed by atoms with Gasteiger partial charge in [-0.05, 0) is 26.2 Å². The van der Waals surface area contributed by atoms with Gasteiger partial charge in [-0.2, -0.15) is 0 Å². The van der Waals surface area contributed by atoms with E-state index < -0.39 is 11.4 Å². The van der Waals surface area contributed by atoms with Crippen molar-refractivity contribution in [3.05, 3.63) is 12.2 Å². The van der Waals surface area contributed by atoms with Gasteiger partial charge in [-0.1, -0.05) is 18.1 Å². The van der Waals surface area contributed by atoms with Crippen molar-refractivity contribution in [3.8, 4) is 12.3 Å². The standard InChI is InChI=1S/C12H14O3/c1-4-8-15-11(14)12(10(3)13)7-5-6-9(12)2/h1H,2,5-8H2,3H3. The number of rotatable bonds is 3. The van der Waals surface area contributed by atoms with E-state index in [1.54, 1.807) is 0 Å². The number of carbonyl (C=O) groups is 2. The Balaban J connectivity index is 2.93. The fourth-order valence-electron chi connectivity index (χ4n) is 2.00. The van der Waals surface area contributed by atoms with Crippen LogP contribution in [0.1, 0.15) is 26.2 Å². The molecule has 1 aliphatic rings. The van der Waals surface area contributed by atoms with Crippen LogP contribution in [0.5, 0.6) is 0 Å².